The number of anilines is 1. The Balaban J connectivity index is 2.82. The Labute approximate surface area is 91.3 Å². The average molecular weight is 229 g/mol. The normalized spacial score (nSPS) is 10.3. The molecule has 0 unspecified atom stereocenters. The average Bonchev–Trinajstić information content (AvgIpc) is 2.21. The molecule has 2 N–H and O–H groups in total. The Morgan fingerprint density at radius 3 is 2.93 bits per heavy atom. The molecule has 0 saturated heterocycles. The Bertz CT molecular complexity index is 393. The van der Waals surface area contributed by atoms with E-state index < -0.39 is 5.91 Å². The van der Waals surface area contributed by atoms with E-state index in [0.29, 0.717) is 16.5 Å². The zero-order chi connectivity index (χ0) is 11.3. The molecule has 0 saturated carbocycles. The second-order valence-corrected chi connectivity index (χ2v) is 2.99. The summed E-state index contributed by atoms with van der Waals surface area (Å²) in [6, 6.07) is 4.80. The van der Waals surface area contributed by atoms with E-state index in [2.05, 4.69) is 10.5 Å². The third kappa shape index (κ3) is 3.14. The molecule has 0 aliphatic rings. The van der Waals surface area contributed by atoms with Gasteiger partial charge in [0.25, 0.3) is 5.91 Å². The van der Waals surface area contributed by atoms with Gasteiger partial charge in [0.1, 0.15) is 12.0 Å². The molecule has 0 spiro atoms. The first kappa shape index (κ1) is 11.3. The first-order chi connectivity index (χ1) is 7.17. The fraction of sp³-hybridized carbons (Fsp3) is 0.111. The van der Waals surface area contributed by atoms with Crippen LogP contribution in [-0.4, -0.2) is 24.4 Å². The summed E-state index contributed by atoms with van der Waals surface area (Å²) in [6.07, 6.45) is 0.737. The molecule has 0 fully saturated rings. The highest BCUT2D eigenvalue weighted by molar-refractivity contribution is 6.36. The molecule has 0 bridgehead atoms. The molecule has 0 aliphatic heterocycles. The molecular weight excluding hydrogens is 220 g/mol. The topological polar surface area (TPSA) is 70.9 Å². The van der Waals surface area contributed by atoms with E-state index in [1.54, 1.807) is 18.2 Å². The number of carbonyl (C=O) groups excluding carboxylic acids is 1. The number of amides is 1. The molecule has 0 aliphatic carbocycles. The lowest BCUT2D eigenvalue weighted by Gasteiger charge is -2.06. The molecule has 1 amide bonds. The highest BCUT2D eigenvalue weighted by atomic mass is 35.5. The minimum absolute atomic E-state index is 0.342. The summed E-state index contributed by atoms with van der Waals surface area (Å²) in [5.74, 6) is 0.0263. The Hall–Kier alpha value is -1.75. The van der Waals surface area contributed by atoms with Crippen LogP contribution in [0.4, 0.5) is 5.69 Å². The van der Waals surface area contributed by atoms with Crippen LogP contribution in [0, 0.1) is 0 Å². The number of carbonyl (C=O) groups is 1. The number of hydrogen-bond donors (Lipinski definition) is 2. The van der Waals surface area contributed by atoms with Crippen LogP contribution in [0.3, 0.4) is 0 Å². The SMILES string of the molecule is COc1ccc(NC(=O)C=NO)c(Cl)c1. The molecular formula is C9H9ClN2O3. The van der Waals surface area contributed by atoms with E-state index in [1.807, 2.05) is 0 Å². The van der Waals surface area contributed by atoms with E-state index in [1.165, 1.54) is 7.11 Å². The second kappa shape index (κ2) is 5.21. The summed E-state index contributed by atoms with van der Waals surface area (Å²) in [6.45, 7) is 0. The van der Waals surface area contributed by atoms with Gasteiger partial charge in [-0.3, -0.25) is 4.79 Å². The van der Waals surface area contributed by atoms with Crippen LogP contribution >= 0.6 is 11.6 Å². The van der Waals surface area contributed by atoms with Gasteiger partial charge < -0.3 is 15.3 Å². The van der Waals surface area contributed by atoms with Crippen molar-refractivity contribution in [2.75, 3.05) is 12.4 Å². The number of benzene rings is 1. The standard InChI is InChI=1S/C9H9ClN2O3/c1-15-6-2-3-8(7(10)4-6)12-9(13)5-11-14/h2-5,14H,1H3,(H,12,13). The lowest BCUT2D eigenvalue weighted by molar-refractivity contribution is -0.110. The fourth-order valence-electron chi connectivity index (χ4n) is 0.942. The van der Waals surface area contributed by atoms with Crippen molar-refractivity contribution in [2.45, 2.75) is 0 Å². The van der Waals surface area contributed by atoms with Crippen LogP contribution in [0.1, 0.15) is 0 Å². The minimum Gasteiger partial charge on any atom is -0.497 e. The number of oxime groups is 1. The van der Waals surface area contributed by atoms with Crippen LogP contribution in [-0.2, 0) is 4.79 Å². The molecule has 5 nitrogen and oxygen atoms in total. The molecule has 80 valence electrons. The van der Waals surface area contributed by atoms with Gasteiger partial charge in [-0.15, -0.1) is 0 Å². The molecule has 0 radical (unpaired) electrons. The van der Waals surface area contributed by atoms with Crippen molar-refractivity contribution in [3.63, 3.8) is 0 Å². The van der Waals surface area contributed by atoms with Crippen molar-refractivity contribution in [2.24, 2.45) is 5.16 Å². The van der Waals surface area contributed by atoms with E-state index >= 15 is 0 Å². The van der Waals surface area contributed by atoms with Crippen molar-refractivity contribution in [1.29, 1.82) is 0 Å². The van der Waals surface area contributed by atoms with Gasteiger partial charge in [-0.05, 0) is 12.1 Å². The molecule has 1 rings (SSSR count). The maximum absolute atomic E-state index is 11.0. The molecule has 0 aromatic heterocycles. The minimum atomic E-state index is -0.565. The maximum Gasteiger partial charge on any atom is 0.270 e. The zero-order valence-corrected chi connectivity index (χ0v) is 8.65. The van der Waals surface area contributed by atoms with Crippen LogP contribution < -0.4 is 10.1 Å². The molecule has 0 atom stereocenters. The number of nitrogens with one attached hydrogen (secondary N) is 1. The Morgan fingerprint density at radius 1 is 1.67 bits per heavy atom. The third-order valence-corrected chi connectivity index (χ3v) is 1.92. The van der Waals surface area contributed by atoms with E-state index in [-0.39, 0.29) is 0 Å². The van der Waals surface area contributed by atoms with Gasteiger partial charge in [0.05, 0.1) is 17.8 Å². The highest BCUT2D eigenvalue weighted by Crippen LogP contribution is 2.26. The van der Waals surface area contributed by atoms with Crippen molar-refractivity contribution in [3.05, 3.63) is 23.2 Å². The Morgan fingerprint density at radius 2 is 2.40 bits per heavy atom. The third-order valence-electron chi connectivity index (χ3n) is 1.61. The van der Waals surface area contributed by atoms with E-state index in [9.17, 15) is 4.79 Å². The quantitative estimate of drug-likeness (QED) is 0.470. The number of hydrogen-bond acceptors (Lipinski definition) is 4. The fourth-order valence-corrected chi connectivity index (χ4v) is 1.16. The smallest absolute Gasteiger partial charge is 0.270 e. The zero-order valence-electron chi connectivity index (χ0n) is 7.90. The number of methoxy groups -OCH3 is 1. The Kier molecular flexibility index (Phi) is 3.93. The van der Waals surface area contributed by atoms with Gasteiger partial charge in [-0.2, -0.15) is 0 Å². The lowest BCUT2D eigenvalue weighted by Crippen LogP contribution is -2.12. The predicted molar refractivity (Wildman–Crippen MR) is 56.9 cm³/mol. The van der Waals surface area contributed by atoms with E-state index in [4.69, 9.17) is 21.5 Å². The molecule has 6 heteroatoms. The van der Waals surface area contributed by atoms with Crippen LogP contribution in [0.2, 0.25) is 5.02 Å². The largest absolute Gasteiger partial charge is 0.497 e. The number of nitrogens with zero attached hydrogens (tertiary/aromatic N) is 1. The van der Waals surface area contributed by atoms with Crippen LogP contribution in [0.5, 0.6) is 5.75 Å². The van der Waals surface area contributed by atoms with Crippen molar-refractivity contribution in [3.8, 4) is 5.75 Å². The summed E-state index contributed by atoms with van der Waals surface area (Å²) in [7, 11) is 1.52. The summed E-state index contributed by atoms with van der Waals surface area (Å²) < 4.78 is 4.94. The van der Waals surface area contributed by atoms with Crippen molar-refractivity contribution < 1.29 is 14.7 Å². The van der Waals surface area contributed by atoms with Gasteiger partial charge in [0.15, 0.2) is 0 Å². The molecule has 0 heterocycles. The highest BCUT2D eigenvalue weighted by Gasteiger charge is 2.04. The molecule has 15 heavy (non-hydrogen) atoms. The van der Waals surface area contributed by atoms with Gasteiger partial charge >= 0.3 is 0 Å². The summed E-state index contributed by atoms with van der Waals surface area (Å²) in [5, 5.41) is 13.5. The van der Waals surface area contributed by atoms with Gasteiger partial charge in [0.2, 0.25) is 0 Å². The van der Waals surface area contributed by atoms with Crippen molar-refractivity contribution >= 4 is 29.4 Å². The van der Waals surface area contributed by atoms with Crippen molar-refractivity contribution in [1.82, 2.24) is 0 Å². The monoisotopic (exact) mass is 228 g/mol. The molecule has 1 aromatic carbocycles. The first-order valence-corrected chi connectivity index (χ1v) is 4.37. The number of halogens is 1. The van der Waals surface area contributed by atoms with Gasteiger partial charge in [-0.25, -0.2) is 0 Å². The van der Waals surface area contributed by atoms with Crippen LogP contribution in [0.25, 0.3) is 0 Å². The lowest BCUT2D eigenvalue weighted by atomic mass is 10.3. The maximum atomic E-state index is 11.0. The summed E-state index contributed by atoms with van der Waals surface area (Å²) in [4.78, 5) is 11.0. The van der Waals surface area contributed by atoms with Gasteiger partial charge in [-0.1, -0.05) is 16.8 Å². The molecule has 1 aromatic rings. The second-order valence-electron chi connectivity index (χ2n) is 2.58. The van der Waals surface area contributed by atoms with E-state index in [0.717, 1.165) is 6.21 Å². The first-order valence-electron chi connectivity index (χ1n) is 3.99. The summed E-state index contributed by atoms with van der Waals surface area (Å²) >= 11 is 5.85. The number of rotatable bonds is 3. The van der Waals surface area contributed by atoms with Crippen LogP contribution in [0.15, 0.2) is 23.4 Å². The van der Waals surface area contributed by atoms with Gasteiger partial charge in [0, 0.05) is 6.07 Å². The summed E-state index contributed by atoms with van der Waals surface area (Å²) in [5.41, 5.74) is 0.419. The number of ether oxygens (including phenoxy) is 1. The predicted octanol–water partition coefficient (Wildman–Crippen LogP) is 1.75.